The number of fused-ring (bicyclic) bond motifs is 1. The minimum Gasteiger partial charge on any atom is -0.465 e. The lowest BCUT2D eigenvalue weighted by Gasteiger charge is -2.33. The maximum absolute atomic E-state index is 13.8. The van der Waals surface area contributed by atoms with Crippen LogP contribution in [-0.4, -0.2) is 118 Å². The zero-order chi connectivity index (χ0) is 47.8. The molecule has 68 heavy (non-hydrogen) atoms. The van der Waals surface area contributed by atoms with Crippen molar-refractivity contribution in [2.24, 2.45) is 11.8 Å². The van der Waals surface area contributed by atoms with E-state index in [1.165, 1.54) is 14.2 Å². The molecule has 7 aromatic rings. The number of carbonyl (C=O) groups is 4. The smallest absolute Gasteiger partial charge is 0.407 e. The highest BCUT2D eigenvalue weighted by Gasteiger charge is 2.40. The summed E-state index contributed by atoms with van der Waals surface area (Å²) >= 11 is 0. The van der Waals surface area contributed by atoms with E-state index in [-0.39, 0.29) is 35.7 Å². The molecule has 17 nitrogen and oxygen atoms in total. The van der Waals surface area contributed by atoms with Gasteiger partial charge in [-0.3, -0.25) is 19.6 Å². The molecule has 2 fully saturated rings. The largest absolute Gasteiger partial charge is 0.465 e. The van der Waals surface area contributed by atoms with Crippen LogP contribution in [0.3, 0.4) is 0 Å². The fourth-order valence-corrected chi connectivity index (χ4v) is 9.87. The summed E-state index contributed by atoms with van der Waals surface area (Å²) in [5, 5.41) is 20.8. The average Bonchev–Trinajstić information content (AvgIpc) is 4.20. The number of carboxylic acid groups (broad SMARTS) is 1. The number of likely N-dealkylation sites (tertiary alicyclic amines) is 2. The van der Waals surface area contributed by atoms with Crippen molar-refractivity contribution in [3.8, 4) is 50.7 Å². The molecule has 0 bridgehead atoms. The number of alkyl carbamates (subject to hydrolysis) is 1. The van der Waals surface area contributed by atoms with Crippen LogP contribution in [0.2, 0.25) is 0 Å². The number of aromatic nitrogens is 7. The molecule has 352 valence electrons. The highest BCUT2D eigenvalue weighted by Crippen LogP contribution is 2.38. The van der Waals surface area contributed by atoms with E-state index in [1.54, 1.807) is 11.1 Å². The fourth-order valence-electron chi connectivity index (χ4n) is 9.87. The lowest BCUT2D eigenvalue weighted by Crippen LogP contribution is -2.51. The van der Waals surface area contributed by atoms with Gasteiger partial charge in [-0.1, -0.05) is 76.2 Å². The second-order valence-electron chi connectivity index (χ2n) is 18.4. The van der Waals surface area contributed by atoms with Crippen molar-refractivity contribution in [1.29, 1.82) is 0 Å². The Morgan fingerprint density at radius 3 is 1.75 bits per heavy atom. The number of H-pyrrole nitrogens is 3. The number of rotatable bonds is 13. The Hall–Kier alpha value is -7.69. The van der Waals surface area contributed by atoms with Gasteiger partial charge in [0.2, 0.25) is 11.8 Å². The lowest BCUT2D eigenvalue weighted by atomic mass is 10.0. The predicted octanol–water partition coefficient (Wildman–Crippen LogP) is 8.81. The molecule has 2 saturated heterocycles. The van der Waals surface area contributed by atoms with Crippen LogP contribution >= 0.6 is 0 Å². The van der Waals surface area contributed by atoms with Crippen molar-refractivity contribution in [3.63, 3.8) is 0 Å². The first-order chi connectivity index (χ1) is 32.8. The molecule has 4 amide bonds. The number of imidazole rings is 2. The molecule has 3 aromatic carbocycles. The van der Waals surface area contributed by atoms with Gasteiger partial charge in [0.1, 0.15) is 23.7 Å². The highest BCUT2D eigenvalue weighted by atomic mass is 16.5. The van der Waals surface area contributed by atoms with Gasteiger partial charge in [0.25, 0.3) is 0 Å². The van der Waals surface area contributed by atoms with Gasteiger partial charge in [0.15, 0.2) is 0 Å². The van der Waals surface area contributed by atoms with Crippen LogP contribution in [-0.2, 0) is 14.3 Å². The molecule has 2 aliphatic heterocycles. The summed E-state index contributed by atoms with van der Waals surface area (Å²) in [7, 11) is 2.74. The summed E-state index contributed by atoms with van der Waals surface area (Å²) in [5.74, 6) is 0.710. The van der Waals surface area contributed by atoms with Gasteiger partial charge >= 0.3 is 12.2 Å². The number of nitrogens with zero attached hydrogens (tertiary/aromatic N) is 7. The van der Waals surface area contributed by atoms with E-state index >= 15 is 0 Å². The van der Waals surface area contributed by atoms with Gasteiger partial charge in [0, 0.05) is 31.2 Å². The maximum atomic E-state index is 13.8. The third-order valence-corrected chi connectivity index (χ3v) is 13.4. The summed E-state index contributed by atoms with van der Waals surface area (Å²) in [5.41, 5.74) is 9.40. The third kappa shape index (κ3) is 8.71. The van der Waals surface area contributed by atoms with Crippen LogP contribution in [0, 0.1) is 11.8 Å². The van der Waals surface area contributed by atoms with Gasteiger partial charge in [0.05, 0.1) is 66.1 Å². The summed E-state index contributed by atoms with van der Waals surface area (Å²) in [4.78, 5) is 72.6. The fraction of sp³-hybridized carbons (Fsp3) is 0.353. The van der Waals surface area contributed by atoms with Gasteiger partial charge in [-0.15, -0.1) is 0 Å². The topological polar surface area (TPSA) is 210 Å². The Kier molecular flexibility index (Phi) is 12.6. The van der Waals surface area contributed by atoms with Crippen molar-refractivity contribution in [1.82, 2.24) is 54.7 Å². The Morgan fingerprint density at radius 2 is 1.25 bits per heavy atom. The standard InChI is InChI=1S/C51H57N11O6/c1-29(2)44(57-50(65)68-6)48(63)60-23-7-9-42(60)46-52-27-38(55-46)31-11-15-33(16-12-31)40-21-22-41(62(40)36-20-19-35-26-54-58-37(35)25-36)34-17-13-32(14-18-34)39-28-53-47(56-39)43-10-8-24-61(43)49(64)45(30(3)4)59(5)51(66)67/h11-22,25-30,42-45H,7-10,23-24H2,1-6H3,(H,52,55)(H,53,56)(H,54,58)(H,57,65)(H,66,67)/t42-,43-,44-,45-/m0/s1. The van der Waals surface area contributed by atoms with E-state index in [2.05, 4.69) is 109 Å². The first-order valence-electron chi connectivity index (χ1n) is 23.2. The molecular weight excluding hydrogens is 863 g/mol. The number of carbonyl (C=O) groups excluding carboxylic acids is 3. The van der Waals surface area contributed by atoms with Crippen LogP contribution < -0.4 is 5.32 Å². The number of hydrogen-bond donors (Lipinski definition) is 5. The third-order valence-electron chi connectivity index (χ3n) is 13.4. The molecule has 5 N–H and O–H groups in total. The minimum atomic E-state index is -1.13. The Morgan fingerprint density at radius 1 is 0.721 bits per heavy atom. The Labute approximate surface area is 393 Å². The molecule has 0 spiro atoms. The van der Waals surface area contributed by atoms with Crippen LogP contribution in [0.5, 0.6) is 0 Å². The number of benzene rings is 3. The monoisotopic (exact) mass is 919 g/mol. The zero-order valence-corrected chi connectivity index (χ0v) is 39.1. The van der Waals surface area contributed by atoms with E-state index in [4.69, 9.17) is 14.7 Å². The normalized spacial score (nSPS) is 17.0. The molecule has 0 unspecified atom stereocenters. The van der Waals surface area contributed by atoms with Gasteiger partial charge in [-0.2, -0.15) is 5.10 Å². The summed E-state index contributed by atoms with van der Waals surface area (Å²) < 4.78 is 7.04. The second kappa shape index (κ2) is 18.9. The summed E-state index contributed by atoms with van der Waals surface area (Å²) in [6.45, 7) is 8.65. The molecule has 6 heterocycles. The number of aromatic amines is 3. The number of ether oxygens (including phenoxy) is 1. The number of nitrogens with one attached hydrogen (secondary N) is 4. The number of hydrogen-bond acceptors (Lipinski definition) is 8. The van der Waals surface area contributed by atoms with Crippen LogP contribution in [0.4, 0.5) is 9.59 Å². The van der Waals surface area contributed by atoms with Crippen molar-refractivity contribution >= 4 is 34.9 Å². The highest BCUT2D eigenvalue weighted by molar-refractivity contribution is 5.87. The number of likely N-dealkylation sites (N-methyl/N-ethyl adjacent to an activating group) is 1. The lowest BCUT2D eigenvalue weighted by molar-refractivity contribution is -0.138. The summed E-state index contributed by atoms with van der Waals surface area (Å²) in [6, 6.07) is 25.1. The molecule has 4 atom stereocenters. The van der Waals surface area contributed by atoms with Crippen LogP contribution in [0.25, 0.3) is 61.6 Å². The number of methoxy groups -OCH3 is 1. The van der Waals surface area contributed by atoms with Gasteiger partial charge in [-0.25, -0.2) is 19.6 Å². The van der Waals surface area contributed by atoms with Crippen LogP contribution in [0.15, 0.2) is 97.5 Å². The second-order valence-corrected chi connectivity index (χ2v) is 18.4. The first kappa shape index (κ1) is 45.5. The van der Waals surface area contributed by atoms with Gasteiger partial charge in [-0.05, 0) is 90.1 Å². The maximum Gasteiger partial charge on any atom is 0.407 e. The average molecular weight is 920 g/mol. The molecule has 9 rings (SSSR count). The molecule has 0 aliphatic carbocycles. The molecule has 0 radical (unpaired) electrons. The minimum absolute atomic E-state index is 0.126. The van der Waals surface area contributed by atoms with Gasteiger partial charge < -0.3 is 39.5 Å². The van der Waals surface area contributed by atoms with Crippen molar-refractivity contribution in [3.05, 3.63) is 109 Å². The van der Waals surface area contributed by atoms with E-state index in [0.717, 1.165) is 92.2 Å². The van der Waals surface area contributed by atoms with Crippen molar-refractivity contribution < 1.29 is 29.0 Å². The zero-order valence-electron chi connectivity index (χ0n) is 39.1. The molecular formula is C51H57N11O6. The van der Waals surface area contributed by atoms with E-state index in [1.807, 2.05) is 45.0 Å². The Balaban J connectivity index is 0.966. The first-order valence-corrected chi connectivity index (χ1v) is 23.2. The molecule has 4 aromatic heterocycles. The van der Waals surface area contributed by atoms with Crippen LogP contribution in [0.1, 0.15) is 77.1 Å². The SMILES string of the molecule is COC(=O)N[C@H](C(=O)N1CCC[C@H]1c1ncc(-c2ccc(-c3ccc(-c4ccc(-c5cnc([C@@H]6CCCN6C(=O)[C@H](C(C)C)N(C)C(=O)O)[nH]5)cc4)n3-c3ccc4cn[nH]c4c3)cc2)[nH]1)C(C)C. The Bertz CT molecular complexity index is 2950. The summed E-state index contributed by atoms with van der Waals surface area (Å²) in [6.07, 6.45) is 6.77. The van der Waals surface area contributed by atoms with Crippen molar-refractivity contribution in [2.45, 2.75) is 77.5 Å². The van der Waals surface area contributed by atoms with E-state index in [0.29, 0.717) is 24.7 Å². The van der Waals surface area contributed by atoms with E-state index < -0.39 is 24.3 Å². The van der Waals surface area contributed by atoms with E-state index in [9.17, 15) is 24.3 Å². The number of amides is 4. The predicted molar refractivity (Wildman–Crippen MR) is 257 cm³/mol. The molecule has 2 aliphatic rings. The van der Waals surface area contributed by atoms with Crippen molar-refractivity contribution in [2.75, 3.05) is 27.2 Å². The molecule has 0 saturated carbocycles. The molecule has 17 heteroatoms. The quantitative estimate of drug-likeness (QED) is 0.0747.